The van der Waals surface area contributed by atoms with Crippen molar-refractivity contribution in [3.8, 4) is 0 Å². The van der Waals surface area contributed by atoms with Gasteiger partial charge in [-0.2, -0.15) is 0 Å². The van der Waals surface area contributed by atoms with Crippen molar-refractivity contribution >= 4 is 51.9 Å². The maximum absolute atomic E-state index is 11.9. The van der Waals surface area contributed by atoms with Crippen molar-refractivity contribution in [2.24, 2.45) is 0 Å². The lowest BCUT2D eigenvalue weighted by Gasteiger charge is -2.12. The number of thiocarbonyl (C=S) groups is 1. The minimum Gasteiger partial charge on any atom is -0.332 e. The van der Waals surface area contributed by atoms with E-state index < -0.39 is 0 Å². The van der Waals surface area contributed by atoms with Crippen LogP contribution < -0.4 is 16.0 Å². The SMILES string of the molecule is CCC(=O)Nc1cc(NC(=S)NC(=O)c2cccs2)ccc1C. The van der Waals surface area contributed by atoms with Gasteiger partial charge in [0.2, 0.25) is 5.91 Å². The molecular weight excluding hydrogens is 330 g/mol. The van der Waals surface area contributed by atoms with Gasteiger partial charge in [-0.1, -0.05) is 19.1 Å². The van der Waals surface area contributed by atoms with Gasteiger partial charge in [0.1, 0.15) is 0 Å². The van der Waals surface area contributed by atoms with E-state index >= 15 is 0 Å². The van der Waals surface area contributed by atoms with Crippen LogP contribution in [0.5, 0.6) is 0 Å². The van der Waals surface area contributed by atoms with Crippen LogP contribution in [0.3, 0.4) is 0 Å². The Morgan fingerprint density at radius 2 is 2.00 bits per heavy atom. The number of nitrogens with one attached hydrogen (secondary N) is 3. The highest BCUT2D eigenvalue weighted by Crippen LogP contribution is 2.20. The van der Waals surface area contributed by atoms with Crippen LogP contribution >= 0.6 is 23.6 Å². The summed E-state index contributed by atoms with van der Waals surface area (Å²) in [6.07, 6.45) is 0.409. The van der Waals surface area contributed by atoms with E-state index in [1.165, 1.54) is 11.3 Å². The average Bonchev–Trinajstić information content (AvgIpc) is 3.04. The molecule has 23 heavy (non-hydrogen) atoms. The zero-order valence-electron chi connectivity index (χ0n) is 12.8. The molecule has 0 aliphatic carbocycles. The summed E-state index contributed by atoms with van der Waals surface area (Å²) in [6.45, 7) is 3.70. The van der Waals surface area contributed by atoms with Gasteiger partial charge in [0.05, 0.1) is 4.88 Å². The second-order valence-electron chi connectivity index (χ2n) is 4.82. The maximum Gasteiger partial charge on any atom is 0.267 e. The molecule has 0 unspecified atom stereocenters. The predicted molar refractivity (Wildman–Crippen MR) is 98.1 cm³/mol. The summed E-state index contributed by atoms with van der Waals surface area (Å²) < 4.78 is 0. The molecule has 7 heteroatoms. The lowest BCUT2D eigenvalue weighted by atomic mass is 10.1. The molecule has 5 nitrogen and oxygen atoms in total. The van der Waals surface area contributed by atoms with Crippen LogP contribution in [0.15, 0.2) is 35.7 Å². The van der Waals surface area contributed by atoms with Gasteiger partial charge >= 0.3 is 0 Å². The van der Waals surface area contributed by atoms with Gasteiger partial charge in [-0.25, -0.2) is 0 Å². The molecule has 3 N–H and O–H groups in total. The molecule has 0 spiro atoms. The van der Waals surface area contributed by atoms with E-state index in [4.69, 9.17) is 12.2 Å². The molecule has 0 aliphatic rings. The summed E-state index contributed by atoms with van der Waals surface area (Å²) in [7, 11) is 0. The van der Waals surface area contributed by atoms with Crippen LogP contribution in [0.25, 0.3) is 0 Å². The van der Waals surface area contributed by atoms with Gasteiger partial charge < -0.3 is 10.6 Å². The highest BCUT2D eigenvalue weighted by molar-refractivity contribution is 7.80. The first-order chi connectivity index (χ1) is 11.0. The summed E-state index contributed by atoms with van der Waals surface area (Å²) >= 11 is 6.49. The third-order valence-electron chi connectivity index (χ3n) is 3.06. The van der Waals surface area contributed by atoms with Crippen LogP contribution in [0, 0.1) is 6.92 Å². The fraction of sp³-hybridized carbons (Fsp3) is 0.188. The van der Waals surface area contributed by atoms with E-state index in [2.05, 4.69) is 16.0 Å². The number of carbonyl (C=O) groups is 2. The normalized spacial score (nSPS) is 10.0. The highest BCUT2D eigenvalue weighted by Gasteiger charge is 2.09. The Balaban J connectivity index is 2.02. The lowest BCUT2D eigenvalue weighted by Crippen LogP contribution is -2.33. The zero-order chi connectivity index (χ0) is 16.8. The van der Waals surface area contributed by atoms with E-state index in [0.717, 1.165) is 5.56 Å². The number of thiophene rings is 1. The number of rotatable bonds is 4. The van der Waals surface area contributed by atoms with Crippen LogP contribution in [-0.2, 0) is 4.79 Å². The summed E-state index contributed by atoms with van der Waals surface area (Å²) in [5, 5.41) is 10.4. The van der Waals surface area contributed by atoms with Crippen LogP contribution in [0.2, 0.25) is 0 Å². The molecule has 0 atom stereocenters. The Morgan fingerprint density at radius 1 is 1.22 bits per heavy atom. The van der Waals surface area contributed by atoms with Gasteiger partial charge in [-0.15, -0.1) is 11.3 Å². The topological polar surface area (TPSA) is 70.2 Å². The van der Waals surface area contributed by atoms with Gasteiger partial charge in [0, 0.05) is 17.8 Å². The van der Waals surface area contributed by atoms with Crippen molar-refractivity contribution in [1.29, 1.82) is 0 Å². The summed E-state index contributed by atoms with van der Waals surface area (Å²) in [6, 6.07) is 9.02. The molecule has 0 saturated carbocycles. The molecule has 2 amide bonds. The first kappa shape index (κ1) is 17.1. The van der Waals surface area contributed by atoms with E-state index in [9.17, 15) is 9.59 Å². The Bertz CT molecular complexity index is 727. The monoisotopic (exact) mass is 347 g/mol. The largest absolute Gasteiger partial charge is 0.332 e. The lowest BCUT2D eigenvalue weighted by molar-refractivity contribution is -0.115. The molecule has 2 aromatic rings. The van der Waals surface area contributed by atoms with Crippen molar-refractivity contribution in [1.82, 2.24) is 5.32 Å². The molecule has 0 radical (unpaired) electrons. The smallest absolute Gasteiger partial charge is 0.267 e. The van der Waals surface area contributed by atoms with Crippen molar-refractivity contribution in [3.05, 3.63) is 46.2 Å². The second kappa shape index (κ2) is 7.85. The zero-order valence-corrected chi connectivity index (χ0v) is 14.4. The van der Waals surface area contributed by atoms with Crippen molar-refractivity contribution in [2.45, 2.75) is 20.3 Å². The van der Waals surface area contributed by atoms with Crippen LogP contribution in [0.1, 0.15) is 28.6 Å². The molecule has 0 aliphatic heterocycles. The molecular formula is C16H17N3O2S2. The predicted octanol–water partition coefficient (Wildman–Crippen LogP) is 3.53. The third kappa shape index (κ3) is 4.87. The summed E-state index contributed by atoms with van der Waals surface area (Å²) in [5.41, 5.74) is 2.36. The Labute approximate surface area is 144 Å². The molecule has 0 saturated heterocycles. The van der Waals surface area contributed by atoms with E-state index in [1.807, 2.05) is 24.4 Å². The number of carbonyl (C=O) groups excluding carboxylic acids is 2. The second-order valence-corrected chi connectivity index (χ2v) is 6.17. The number of anilines is 2. The minimum absolute atomic E-state index is 0.0566. The Hall–Kier alpha value is -2.25. The van der Waals surface area contributed by atoms with E-state index in [0.29, 0.717) is 22.7 Å². The van der Waals surface area contributed by atoms with E-state index in [-0.39, 0.29) is 16.9 Å². The van der Waals surface area contributed by atoms with Gasteiger partial charge in [-0.3, -0.25) is 14.9 Å². The number of amides is 2. The number of hydrogen-bond acceptors (Lipinski definition) is 4. The maximum atomic E-state index is 11.9. The summed E-state index contributed by atoms with van der Waals surface area (Å²) in [5.74, 6) is -0.303. The molecule has 1 aromatic carbocycles. The molecule has 1 aromatic heterocycles. The summed E-state index contributed by atoms with van der Waals surface area (Å²) in [4.78, 5) is 24.0. The number of benzene rings is 1. The molecule has 1 heterocycles. The minimum atomic E-state index is -0.246. The van der Waals surface area contributed by atoms with E-state index in [1.54, 1.807) is 25.1 Å². The van der Waals surface area contributed by atoms with Crippen LogP contribution in [-0.4, -0.2) is 16.9 Å². The average molecular weight is 347 g/mol. The first-order valence-electron chi connectivity index (χ1n) is 7.06. The Morgan fingerprint density at radius 3 is 2.65 bits per heavy atom. The third-order valence-corrected chi connectivity index (χ3v) is 4.14. The Kier molecular flexibility index (Phi) is 5.84. The molecule has 0 bridgehead atoms. The molecule has 2 rings (SSSR count). The van der Waals surface area contributed by atoms with Gasteiger partial charge in [0.25, 0.3) is 5.91 Å². The number of hydrogen-bond donors (Lipinski definition) is 3. The van der Waals surface area contributed by atoms with Gasteiger partial charge in [-0.05, 0) is 48.3 Å². The van der Waals surface area contributed by atoms with Crippen molar-refractivity contribution in [3.63, 3.8) is 0 Å². The number of aryl methyl sites for hydroxylation is 1. The highest BCUT2D eigenvalue weighted by atomic mass is 32.1. The van der Waals surface area contributed by atoms with Crippen molar-refractivity contribution in [2.75, 3.05) is 10.6 Å². The fourth-order valence-corrected chi connectivity index (χ4v) is 2.64. The fourth-order valence-electron chi connectivity index (χ4n) is 1.81. The van der Waals surface area contributed by atoms with Gasteiger partial charge in [0.15, 0.2) is 5.11 Å². The molecule has 0 fully saturated rings. The first-order valence-corrected chi connectivity index (χ1v) is 8.34. The van der Waals surface area contributed by atoms with Crippen LogP contribution in [0.4, 0.5) is 11.4 Å². The molecule has 120 valence electrons. The van der Waals surface area contributed by atoms with Crippen molar-refractivity contribution < 1.29 is 9.59 Å². The standard InChI is InChI=1S/C16H17N3O2S2/c1-3-14(20)18-12-9-11(7-6-10(12)2)17-16(22)19-15(21)13-5-4-8-23-13/h4-9H,3H2,1-2H3,(H,18,20)(H2,17,19,21,22). The quantitative estimate of drug-likeness (QED) is 0.740.